The number of hydrogen-bond donors (Lipinski definition) is 0. The van der Waals surface area contributed by atoms with Gasteiger partial charge in [0.2, 0.25) is 6.05 Å². The summed E-state index contributed by atoms with van der Waals surface area (Å²) in [6.07, 6.45) is 0. The fraction of sp³-hybridized carbons (Fsp3) is 1.00. The third-order valence-corrected chi connectivity index (χ3v) is 1.71. The molecule has 0 atom stereocenters. The summed E-state index contributed by atoms with van der Waals surface area (Å²) in [5, 5.41) is 0. The molecule has 6 heavy (non-hydrogen) atoms. The highest BCUT2D eigenvalue weighted by atomic mass is 35.7. The van der Waals surface area contributed by atoms with Crippen LogP contribution in [0.1, 0.15) is 0 Å². The van der Waals surface area contributed by atoms with Crippen LogP contribution in [0.3, 0.4) is 0 Å². The van der Waals surface area contributed by atoms with Gasteiger partial charge in [-0.3, -0.25) is 0 Å². The molecule has 0 aliphatic rings. The average Bonchev–Trinajstić information content (AvgIpc) is 1.36. The molecule has 0 nitrogen and oxygen atoms in total. The van der Waals surface area contributed by atoms with Crippen LogP contribution in [-0.4, -0.2) is 13.5 Å². The van der Waals surface area contributed by atoms with Gasteiger partial charge in [0.25, 0.3) is 0 Å². The van der Waals surface area contributed by atoms with Crippen molar-refractivity contribution in [2.24, 2.45) is 0 Å². The van der Waals surface area contributed by atoms with E-state index in [2.05, 4.69) is 0 Å². The van der Waals surface area contributed by atoms with Crippen molar-refractivity contribution in [3.8, 4) is 0 Å². The molecule has 38 valence electrons. The molecule has 0 fully saturated rings. The number of hydrogen-bond acceptors (Lipinski definition) is 0. The Balaban J connectivity index is 2.99. The van der Waals surface area contributed by atoms with E-state index in [1.807, 2.05) is 0 Å². The summed E-state index contributed by atoms with van der Waals surface area (Å²) in [5.74, 6) is 0. The Morgan fingerprint density at radius 2 is 1.50 bits per heavy atom. The van der Waals surface area contributed by atoms with E-state index < -0.39 is 13.5 Å². The van der Waals surface area contributed by atoms with Crippen molar-refractivity contribution in [1.82, 2.24) is 0 Å². The molecule has 0 heterocycles. The summed E-state index contributed by atoms with van der Waals surface area (Å²) in [6, 6.07) is -2.48. The second-order valence-corrected chi connectivity index (χ2v) is 5.33. The summed E-state index contributed by atoms with van der Waals surface area (Å²) in [6.45, 7) is 0. The van der Waals surface area contributed by atoms with Crippen molar-refractivity contribution in [3.63, 3.8) is 0 Å². The lowest BCUT2D eigenvalue weighted by molar-refractivity contribution is 0.239. The second kappa shape index (κ2) is 2.77. The maximum Gasteiger partial charge on any atom is 0.309 e. The average molecular weight is 151 g/mol. The van der Waals surface area contributed by atoms with Crippen LogP contribution >= 0.6 is 22.2 Å². The third kappa shape index (κ3) is 2.87. The van der Waals surface area contributed by atoms with Gasteiger partial charge < -0.3 is 0 Å². The molecule has 0 unspecified atom stereocenters. The minimum Gasteiger partial charge on any atom is -0.213 e. The van der Waals surface area contributed by atoms with Gasteiger partial charge in [-0.05, 0) is 0 Å². The lowest BCUT2D eigenvalue weighted by Crippen LogP contribution is -2.06. The van der Waals surface area contributed by atoms with Gasteiger partial charge in [-0.2, -0.15) is 0 Å². The van der Waals surface area contributed by atoms with E-state index in [0.29, 0.717) is 0 Å². The van der Waals surface area contributed by atoms with Gasteiger partial charge in [0.1, 0.15) is 0 Å². The van der Waals surface area contributed by atoms with E-state index in [-0.39, 0.29) is 0 Å². The Labute approximate surface area is 45.1 Å². The van der Waals surface area contributed by atoms with E-state index in [0.717, 1.165) is 0 Å². The first kappa shape index (κ1) is 6.66. The van der Waals surface area contributed by atoms with Crippen LogP contribution in [0, 0.1) is 0 Å². The molecule has 0 aromatic carbocycles. The van der Waals surface area contributed by atoms with E-state index in [4.69, 9.17) is 22.2 Å². The highest BCUT2D eigenvalue weighted by molar-refractivity contribution is 7.34. The molecule has 5 heteroatoms. The summed E-state index contributed by atoms with van der Waals surface area (Å²) >= 11 is 9.53. The van der Waals surface area contributed by atoms with E-state index >= 15 is 0 Å². The molecule has 0 spiro atoms. The standard InChI is InChI=1S/CH2Cl2F2Si/c2-6(3)1(4)5/h1,6H. The highest BCUT2D eigenvalue weighted by Gasteiger charge is 2.14. The van der Waals surface area contributed by atoms with Crippen LogP contribution in [0.5, 0.6) is 0 Å². The number of halogens is 4. The molecule has 0 saturated carbocycles. The lowest BCUT2D eigenvalue weighted by atomic mass is 11.7. The SMILES string of the molecule is FC(F)[SiH](Cl)Cl. The molecule has 0 aliphatic heterocycles. The van der Waals surface area contributed by atoms with Gasteiger partial charge in [-0.1, -0.05) is 0 Å². The zero-order valence-electron chi connectivity index (χ0n) is 2.67. The highest BCUT2D eigenvalue weighted by Crippen LogP contribution is 2.06. The molecule has 0 aliphatic carbocycles. The van der Waals surface area contributed by atoms with Crippen LogP contribution < -0.4 is 0 Å². The lowest BCUT2D eigenvalue weighted by Gasteiger charge is -1.89. The maximum atomic E-state index is 11.0. The maximum absolute atomic E-state index is 11.0. The van der Waals surface area contributed by atoms with Gasteiger partial charge in [0.15, 0.2) is 0 Å². The Bertz CT molecular complexity index is 32.5. The Kier molecular flexibility index (Phi) is 3.07. The second-order valence-electron chi connectivity index (χ2n) is 0.669. The predicted molar refractivity (Wildman–Crippen MR) is 24.9 cm³/mol. The first-order chi connectivity index (χ1) is 2.64. The van der Waals surface area contributed by atoms with Crippen LogP contribution in [0.15, 0.2) is 0 Å². The smallest absolute Gasteiger partial charge is 0.213 e. The van der Waals surface area contributed by atoms with Crippen molar-refractivity contribution in [3.05, 3.63) is 0 Å². The molecular weight excluding hydrogens is 149 g/mol. The molecule has 0 N–H and O–H groups in total. The first-order valence-electron chi connectivity index (χ1n) is 1.21. The van der Waals surface area contributed by atoms with Crippen molar-refractivity contribution < 1.29 is 8.78 Å². The molecule has 0 saturated heterocycles. The molecular formula is CH2Cl2F2Si. The molecule has 0 rings (SSSR count). The van der Waals surface area contributed by atoms with Gasteiger partial charge in [0, 0.05) is 0 Å². The molecule has 0 amide bonds. The van der Waals surface area contributed by atoms with Crippen LogP contribution in [0.25, 0.3) is 0 Å². The molecule has 0 aromatic rings. The van der Waals surface area contributed by atoms with Crippen LogP contribution in [0.2, 0.25) is 0 Å². The Hall–Kier alpha value is 0.657. The van der Waals surface area contributed by atoms with Crippen LogP contribution in [0.4, 0.5) is 8.78 Å². The molecule has 0 bridgehead atoms. The summed E-state index contributed by atoms with van der Waals surface area (Å²) in [5.41, 5.74) is 0. The fourth-order valence-electron chi connectivity index (χ4n) is 0. The van der Waals surface area contributed by atoms with Crippen molar-refractivity contribution in [2.75, 3.05) is 0 Å². The first-order valence-corrected chi connectivity index (χ1v) is 5.36. The third-order valence-electron chi connectivity index (χ3n) is 0.190. The monoisotopic (exact) mass is 150 g/mol. The zero-order chi connectivity index (χ0) is 5.15. The summed E-state index contributed by atoms with van der Waals surface area (Å²) in [4.78, 5) is 0. The zero-order valence-corrected chi connectivity index (χ0v) is 5.33. The quantitative estimate of drug-likeness (QED) is 0.393. The van der Waals surface area contributed by atoms with E-state index in [9.17, 15) is 8.78 Å². The Morgan fingerprint density at radius 1 is 1.33 bits per heavy atom. The van der Waals surface area contributed by atoms with Gasteiger partial charge in [0.05, 0.1) is 0 Å². The predicted octanol–water partition coefficient (Wildman–Crippen LogP) is 1.49. The van der Waals surface area contributed by atoms with Crippen molar-refractivity contribution in [2.45, 2.75) is 6.05 Å². The van der Waals surface area contributed by atoms with Gasteiger partial charge in [-0.15, -0.1) is 22.2 Å². The van der Waals surface area contributed by atoms with Crippen molar-refractivity contribution >= 4 is 29.6 Å². The molecule has 0 aromatic heterocycles. The minimum absolute atomic E-state index is 2.48. The topological polar surface area (TPSA) is 0 Å². The van der Waals surface area contributed by atoms with Crippen LogP contribution in [-0.2, 0) is 0 Å². The number of alkyl halides is 2. The van der Waals surface area contributed by atoms with Gasteiger partial charge in [-0.25, -0.2) is 8.78 Å². The molecule has 0 radical (unpaired) electrons. The largest absolute Gasteiger partial charge is 0.309 e. The van der Waals surface area contributed by atoms with E-state index in [1.54, 1.807) is 0 Å². The minimum atomic E-state index is -2.63. The van der Waals surface area contributed by atoms with Crippen molar-refractivity contribution in [1.29, 1.82) is 0 Å². The Morgan fingerprint density at radius 3 is 1.50 bits per heavy atom. The fourth-order valence-corrected chi connectivity index (χ4v) is 0. The normalized spacial score (nSPS) is 11.0. The van der Waals surface area contributed by atoms with Gasteiger partial charge >= 0.3 is 7.42 Å². The van der Waals surface area contributed by atoms with E-state index in [1.165, 1.54) is 0 Å². The summed E-state index contributed by atoms with van der Waals surface area (Å²) in [7, 11) is -2.63. The number of rotatable bonds is 1. The summed E-state index contributed by atoms with van der Waals surface area (Å²) < 4.78 is 21.9.